The summed E-state index contributed by atoms with van der Waals surface area (Å²) in [6, 6.07) is 7.06. The normalized spacial score (nSPS) is 21.2. The molecule has 2 atom stereocenters. The third-order valence-electron chi connectivity index (χ3n) is 7.74. The average Bonchev–Trinajstić information content (AvgIpc) is 3.20. The second-order valence-corrected chi connectivity index (χ2v) is 9.92. The number of pyridine rings is 1. The fourth-order valence-electron chi connectivity index (χ4n) is 5.72. The minimum atomic E-state index is -0.904. The lowest BCUT2D eigenvalue weighted by Gasteiger charge is -2.35. The molecule has 2 aromatic heterocycles. The predicted molar refractivity (Wildman–Crippen MR) is 141 cm³/mol. The lowest BCUT2D eigenvalue weighted by atomic mass is 9.93. The first-order valence-corrected chi connectivity index (χ1v) is 13.2. The molecule has 2 saturated heterocycles. The molecule has 0 saturated carbocycles. The Kier molecular flexibility index (Phi) is 7.58. The van der Waals surface area contributed by atoms with Crippen molar-refractivity contribution >= 4 is 23.0 Å². The van der Waals surface area contributed by atoms with E-state index >= 15 is 0 Å². The highest BCUT2D eigenvalue weighted by Crippen LogP contribution is 2.30. The molecule has 1 amide bonds. The molecular weight excluding hydrogens is 506 g/mol. The molecule has 2 N–H and O–H groups in total. The van der Waals surface area contributed by atoms with Crippen LogP contribution in [-0.2, 0) is 4.79 Å². The van der Waals surface area contributed by atoms with Crippen molar-refractivity contribution in [3.05, 3.63) is 64.2 Å². The van der Waals surface area contributed by atoms with Crippen LogP contribution in [0.25, 0.3) is 11.2 Å². The molecule has 5 rings (SSSR count). The fraction of sp³-hybridized carbons (Fsp3) is 0.444. The Morgan fingerprint density at radius 3 is 2.72 bits per heavy atom. The van der Waals surface area contributed by atoms with Gasteiger partial charge >= 0.3 is 5.69 Å². The van der Waals surface area contributed by atoms with Crippen LogP contribution < -0.4 is 11.0 Å². The second kappa shape index (κ2) is 11.2. The zero-order valence-electron chi connectivity index (χ0n) is 21.6. The summed E-state index contributed by atoms with van der Waals surface area (Å²) in [6.45, 7) is 3.57. The van der Waals surface area contributed by atoms with Crippen LogP contribution in [0.2, 0.25) is 0 Å². The summed E-state index contributed by atoms with van der Waals surface area (Å²) in [7, 11) is 0. The summed E-state index contributed by atoms with van der Waals surface area (Å²) in [5.41, 5.74) is 1.34. The van der Waals surface area contributed by atoms with Crippen LogP contribution in [0.5, 0.6) is 0 Å². The van der Waals surface area contributed by atoms with Crippen LogP contribution in [0.4, 0.5) is 8.78 Å². The number of hydrogen-bond acceptors (Lipinski definition) is 5. The highest BCUT2D eigenvalue weighted by atomic mass is 19.2. The average molecular weight is 537 g/mol. The number of piperidine rings is 1. The Bertz CT molecular complexity index is 1480. The number of aromatic nitrogens is 3. The summed E-state index contributed by atoms with van der Waals surface area (Å²) in [4.78, 5) is 40.5. The van der Waals surface area contributed by atoms with Gasteiger partial charge in [-0.2, -0.15) is 5.26 Å². The zero-order valence-corrected chi connectivity index (χ0v) is 21.6. The van der Waals surface area contributed by atoms with Crippen molar-refractivity contribution in [1.29, 1.82) is 5.26 Å². The molecule has 0 spiro atoms. The molecule has 2 aliphatic heterocycles. The van der Waals surface area contributed by atoms with E-state index in [1.807, 2.05) is 24.1 Å². The van der Waals surface area contributed by atoms with Crippen LogP contribution in [0.1, 0.15) is 50.1 Å². The van der Waals surface area contributed by atoms with E-state index in [1.165, 1.54) is 6.07 Å². The highest BCUT2D eigenvalue weighted by molar-refractivity contribution is 5.89. The number of guanidine groups is 1. The number of hydrogen-bond donors (Lipinski definition) is 2. The number of fused-ring (bicyclic) bond motifs is 1. The molecule has 10 nitrogen and oxygen atoms in total. The summed E-state index contributed by atoms with van der Waals surface area (Å²) in [5, 5.41) is 12.6. The number of carbonyl (C=O) groups excluding carboxylic acids is 1. The van der Waals surface area contributed by atoms with Crippen LogP contribution in [0.3, 0.4) is 0 Å². The molecular formula is C27H30F2N8O2. The number of rotatable bonds is 4. The van der Waals surface area contributed by atoms with Gasteiger partial charge in [-0.15, -0.1) is 4.99 Å². The minimum Gasteiger partial charge on any atom is -0.344 e. The van der Waals surface area contributed by atoms with Crippen LogP contribution >= 0.6 is 0 Å². The number of aromatic amines is 1. The molecule has 204 valence electrons. The first-order valence-electron chi connectivity index (χ1n) is 13.2. The summed E-state index contributed by atoms with van der Waals surface area (Å²) >= 11 is 0. The molecule has 1 aromatic carbocycles. The predicted octanol–water partition coefficient (Wildman–Crippen LogP) is 2.86. The van der Waals surface area contributed by atoms with Gasteiger partial charge in [-0.1, -0.05) is 12.1 Å². The lowest BCUT2D eigenvalue weighted by molar-refractivity contribution is -0.132. The van der Waals surface area contributed by atoms with Gasteiger partial charge in [0.05, 0.1) is 5.52 Å². The zero-order chi connectivity index (χ0) is 27.5. The Morgan fingerprint density at radius 1 is 1.18 bits per heavy atom. The first-order chi connectivity index (χ1) is 18.9. The van der Waals surface area contributed by atoms with Gasteiger partial charge in [0.15, 0.2) is 17.3 Å². The quantitative estimate of drug-likeness (QED) is 0.300. The third kappa shape index (κ3) is 5.21. The number of likely N-dealkylation sites (tertiary alicyclic amines) is 2. The standard InChI is InChI=1S/C27H30F2N8O2/c1-2-35-15-17(19-5-3-6-20(28)23(19)29)8-9-21(25(35)38)33-26(32-16-30)36-13-10-18(11-14-36)37-22-7-4-12-31-24(22)34-27(37)39/h3-7,12,17-18,21H,2,8-11,13-15H2,1H3,(H,32,33)(H,31,34,39)/t17-,21-/m1/s1. The minimum absolute atomic E-state index is 0.0490. The number of nitrogens with one attached hydrogen (secondary N) is 2. The first kappa shape index (κ1) is 26.3. The molecule has 2 fully saturated rings. The number of nitrogens with zero attached hydrogens (tertiary/aromatic N) is 6. The smallest absolute Gasteiger partial charge is 0.327 e. The topological polar surface area (TPSA) is 122 Å². The number of likely N-dealkylation sites (N-methyl/N-ethyl adjacent to an activating group) is 1. The number of halogens is 2. The molecule has 4 heterocycles. The van der Waals surface area contributed by atoms with Crippen molar-refractivity contribution in [1.82, 2.24) is 29.7 Å². The molecule has 39 heavy (non-hydrogen) atoms. The van der Waals surface area contributed by atoms with Gasteiger partial charge in [0.25, 0.3) is 0 Å². The summed E-state index contributed by atoms with van der Waals surface area (Å²) < 4.78 is 30.2. The lowest BCUT2D eigenvalue weighted by Crippen LogP contribution is -2.53. The maximum Gasteiger partial charge on any atom is 0.327 e. The van der Waals surface area contributed by atoms with Gasteiger partial charge in [-0.25, -0.2) is 18.6 Å². The molecule has 0 bridgehead atoms. The number of amides is 1. The SMILES string of the molecule is CCN1C[C@H](c2cccc(F)c2F)CC[C@@H](N/C(=N\C#N)N2CCC(n3c(=O)[nH]c4ncccc43)CC2)C1=O. The van der Waals surface area contributed by atoms with E-state index in [0.29, 0.717) is 56.9 Å². The van der Waals surface area contributed by atoms with Gasteiger partial charge in [0.2, 0.25) is 18.1 Å². The molecule has 0 aliphatic carbocycles. The Balaban J connectivity index is 1.30. The van der Waals surface area contributed by atoms with Gasteiger partial charge in [0.1, 0.15) is 6.04 Å². The summed E-state index contributed by atoms with van der Waals surface area (Å²) in [5.74, 6) is -2.01. The van der Waals surface area contributed by atoms with E-state index in [9.17, 15) is 23.6 Å². The maximum atomic E-state index is 14.6. The largest absolute Gasteiger partial charge is 0.344 e. The van der Waals surface area contributed by atoms with Crippen molar-refractivity contribution < 1.29 is 13.6 Å². The van der Waals surface area contributed by atoms with E-state index in [2.05, 4.69) is 20.3 Å². The van der Waals surface area contributed by atoms with Gasteiger partial charge in [0, 0.05) is 44.3 Å². The summed E-state index contributed by atoms with van der Waals surface area (Å²) in [6.07, 6.45) is 5.56. The molecule has 12 heteroatoms. The van der Waals surface area contributed by atoms with Gasteiger partial charge in [-0.3, -0.25) is 14.3 Å². The van der Waals surface area contributed by atoms with E-state index in [4.69, 9.17) is 0 Å². The number of imidazole rings is 1. The van der Waals surface area contributed by atoms with E-state index in [-0.39, 0.29) is 35.7 Å². The molecule has 0 radical (unpaired) electrons. The van der Waals surface area contributed by atoms with Crippen LogP contribution in [-0.4, -0.2) is 68.4 Å². The Morgan fingerprint density at radius 2 is 1.97 bits per heavy atom. The fourth-order valence-corrected chi connectivity index (χ4v) is 5.72. The van der Waals surface area contributed by atoms with Crippen molar-refractivity contribution in [2.45, 2.75) is 50.6 Å². The van der Waals surface area contributed by atoms with Crippen LogP contribution in [0.15, 0.2) is 46.3 Å². The van der Waals surface area contributed by atoms with Crippen molar-refractivity contribution in [3.8, 4) is 6.19 Å². The monoisotopic (exact) mass is 536 g/mol. The number of nitriles is 1. The van der Waals surface area contributed by atoms with Gasteiger partial charge in [-0.05, 0) is 56.4 Å². The van der Waals surface area contributed by atoms with E-state index in [0.717, 1.165) is 11.6 Å². The number of aliphatic imine (C=N–C) groups is 1. The number of H-pyrrole nitrogens is 1. The number of benzene rings is 1. The van der Waals surface area contributed by atoms with Crippen molar-refractivity contribution in [3.63, 3.8) is 0 Å². The van der Waals surface area contributed by atoms with E-state index < -0.39 is 17.7 Å². The molecule has 3 aromatic rings. The molecule has 2 aliphatic rings. The highest BCUT2D eigenvalue weighted by Gasteiger charge is 2.34. The Labute approximate surface area is 224 Å². The molecule has 0 unspecified atom stereocenters. The number of carbonyl (C=O) groups is 1. The van der Waals surface area contributed by atoms with Crippen LogP contribution in [0, 0.1) is 23.1 Å². The third-order valence-corrected chi connectivity index (χ3v) is 7.74. The second-order valence-electron chi connectivity index (χ2n) is 9.92. The van der Waals surface area contributed by atoms with E-state index in [1.54, 1.807) is 27.8 Å². The van der Waals surface area contributed by atoms with Crippen molar-refractivity contribution in [2.24, 2.45) is 4.99 Å². The van der Waals surface area contributed by atoms with Gasteiger partial charge < -0.3 is 15.1 Å². The maximum absolute atomic E-state index is 14.6. The Hall–Kier alpha value is -4.27. The van der Waals surface area contributed by atoms with Crippen molar-refractivity contribution in [2.75, 3.05) is 26.2 Å².